The number of hydrogen-bond acceptors (Lipinski definition) is 2. The molecule has 2 heterocycles. The third-order valence-electron chi connectivity index (χ3n) is 2.44. The van der Waals surface area contributed by atoms with Crippen molar-refractivity contribution in [3.8, 4) is 12.3 Å². The molecule has 1 aliphatic heterocycles. The molecule has 1 aromatic heterocycles. The first-order valence-corrected chi connectivity index (χ1v) is 4.56. The van der Waals surface area contributed by atoms with E-state index in [2.05, 4.69) is 22.5 Å². The molecule has 0 bridgehead atoms. The van der Waals surface area contributed by atoms with Gasteiger partial charge in [0.15, 0.2) is 0 Å². The minimum Gasteiger partial charge on any atom is -0.316 e. The molecule has 0 saturated carbocycles. The van der Waals surface area contributed by atoms with Crippen molar-refractivity contribution in [2.75, 3.05) is 13.1 Å². The predicted octanol–water partition coefficient (Wildman–Crippen LogP) is 0.593. The summed E-state index contributed by atoms with van der Waals surface area (Å²) in [5.41, 5.74) is 1.31. The quantitative estimate of drug-likeness (QED) is 0.667. The standard InChI is InChI=1S/C10H13N3/c1-2-5-13-8-10(7-12-13)9-3-4-11-6-9/h1,7-9,11H,3-6H2. The van der Waals surface area contributed by atoms with Crippen LogP contribution in [0.4, 0.5) is 0 Å². The third kappa shape index (κ3) is 1.73. The lowest BCUT2D eigenvalue weighted by atomic mass is 10.0. The molecule has 1 aliphatic rings. The van der Waals surface area contributed by atoms with E-state index in [4.69, 9.17) is 6.42 Å². The number of nitrogens with one attached hydrogen (secondary N) is 1. The summed E-state index contributed by atoms with van der Waals surface area (Å²) in [6.45, 7) is 2.76. The summed E-state index contributed by atoms with van der Waals surface area (Å²) in [6.07, 6.45) is 10.4. The van der Waals surface area contributed by atoms with E-state index in [0.29, 0.717) is 12.5 Å². The molecule has 1 unspecified atom stereocenters. The minimum atomic E-state index is 0.570. The maximum atomic E-state index is 5.20. The first-order chi connectivity index (χ1) is 6.40. The maximum Gasteiger partial charge on any atom is 0.101 e. The Kier molecular flexibility index (Phi) is 2.33. The van der Waals surface area contributed by atoms with Crippen molar-refractivity contribution in [2.45, 2.75) is 18.9 Å². The molecule has 1 atom stereocenters. The summed E-state index contributed by atoms with van der Waals surface area (Å²) in [5, 5.41) is 7.53. The molecule has 0 amide bonds. The van der Waals surface area contributed by atoms with Crippen LogP contribution in [0.3, 0.4) is 0 Å². The van der Waals surface area contributed by atoms with Gasteiger partial charge >= 0.3 is 0 Å². The van der Waals surface area contributed by atoms with E-state index < -0.39 is 0 Å². The lowest BCUT2D eigenvalue weighted by Crippen LogP contribution is -2.07. The van der Waals surface area contributed by atoms with Gasteiger partial charge in [-0.05, 0) is 18.5 Å². The Labute approximate surface area is 78.1 Å². The number of hydrogen-bond donors (Lipinski definition) is 1. The molecular weight excluding hydrogens is 162 g/mol. The van der Waals surface area contributed by atoms with Gasteiger partial charge in [0.05, 0.1) is 6.20 Å². The van der Waals surface area contributed by atoms with Gasteiger partial charge in [-0.1, -0.05) is 5.92 Å². The smallest absolute Gasteiger partial charge is 0.101 e. The van der Waals surface area contributed by atoms with Crippen LogP contribution in [0.5, 0.6) is 0 Å². The molecule has 2 rings (SSSR count). The first kappa shape index (κ1) is 8.33. The number of rotatable bonds is 2. The summed E-state index contributed by atoms with van der Waals surface area (Å²) in [5.74, 6) is 3.20. The Morgan fingerprint density at radius 1 is 1.77 bits per heavy atom. The Morgan fingerprint density at radius 2 is 2.69 bits per heavy atom. The average molecular weight is 175 g/mol. The SMILES string of the molecule is C#CCn1cc(C2CCNC2)cn1. The second kappa shape index (κ2) is 3.63. The Balaban J connectivity index is 2.08. The summed E-state index contributed by atoms with van der Waals surface area (Å²) in [7, 11) is 0. The van der Waals surface area contributed by atoms with Crippen molar-refractivity contribution in [3.05, 3.63) is 18.0 Å². The van der Waals surface area contributed by atoms with Crippen LogP contribution in [0.2, 0.25) is 0 Å². The number of nitrogens with zero attached hydrogens (tertiary/aromatic N) is 2. The van der Waals surface area contributed by atoms with Gasteiger partial charge in [0.25, 0.3) is 0 Å². The van der Waals surface area contributed by atoms with Gasteiger partial charge in [0.2, 0.25) is 0 Å². The van der Waals surface area contributed by atoms with E-state index in [1.165, 1.54) is 12.0 Å². The molecule has 13 heavy (non-hydrogen) atoms. The molecule has 1 fully saturated rings. The first-order valence-electron chi connectivity index (χ1n) is 4.56. The van der Waals surface area contributed by atoms with E-state index in [0.717, 1.165) is 13.1 Å². The second-order valence-electron chi connectivity index (χ2n) is 3.37. The van der Waals surface area contributed by atoms with Crippen LogP contribution in [0.25, 0.3) is 0 Å². The van der Waals surface area contributed by atoms with Crippen LogP contribution in [0, 0.1) is 12.3 Å². The monoisotopic (exact) mass is 175 g/mol. The average Bonchev–Trinajstić information content (AvgIpc) is 2.70. The van der Waals surface area contributed by atoms with Gasteiger partial charge in [-0.3, -0.25) is 4.68 Å². The Hall–Kier alpha value is -1.27. The van der Waals surface area contributed by atoms with Crippen molar-refractivity contribution in [1.82, 2.24) is 15.1 Å². The molecule has 1 saturated heterocycles. The molecule has 1 aromatic rings. The second-order valence-corrected chi connectivity index (χ2v) is 3.37. The molecule has 3 nitrogen and oxygen atoms in total. The third-order valence-corrected chi connectivity index (χ3v) is 2.44. The highest BCUT2D eigenvalue weighted by Crippen LogP contribution is 2.21. The Bertz CT molecular complexity index is 315. The molecule has 68 valence electrons. The topological polar surface area (TPSA) is 29.9 Å². The molecule has 3 heteroatoms. The molecular formula is C10H13N3. The van der Waals surface area contributed by atoms with E-state index in [-0.39, 0.29) is 0 Å². The van der Waals surface area contributed by atoms with Crippen molar-refractivity contribution in [3.63, 3.8) is 0 Å². The van der Waals surface area contributed by atoms with Gasteiger partial charge in [-0.15, -0.1) is 6.42 Å². The van der Waals surface area contributed by atoms with E-state index in [1.807, 2.05) is 10.9 Å². The summed E-state index contributed by atoms with van der Waals surface area (Å²) >= 11 is 0. The zero-order valence-corrected chi connectivity index (χ0v) is 7.53. The van der Waals surface area contributed by atoms with Crippen LogP contribution in [-0.4, -0.2) is 22.9 Å². The van der Waals surface area contributed by atoms with Crippen LogP contribution in [0.15, 0.2) is 12.4 Å². The predicted molar refractivity (Wildman–Crippen MR) is 51.3 cm³/mol. The fourth-order valence-corrected chi connectivity index (χ4v) is 1.71. The van der Waals surface area contributed by atoms with Gasteiger partial charge in [-0.2, -0.15) is 5.10 Å². The molecule has 0 radical (unpaired) electrons. The van der Waals surface area contributed by atoms with Crippen LogP contribution in [-0.2, 0) is 6.54 Å². The normalized spacial score (nSPS) is 21.6. The highest BCUT2D eigenvalue weighted by atomic mass is 15.3. The maximum absolute atomic E-state index is 5.20. The van der Waals surface area contributed by atoms with E-state index >= 15 is 0 Å². The molecule has 0 aromatic carbocycles. The van der Waals surface area contributed by atoms with Crippen LogP contribution < -0.4 is 5.32 Å². The lowest BCUT2D eigenvalue weighted by Gasteiger charge is -2.02. The van der Waals surface area contributed by atoms with Crippen molar-refractivity contribution in [2.24, 2.45) is 0 Å². The van der Waals surface area contributed by atoms with Crippen LogP contribution >= 0.6 is 0 Å². The lowest BCUT2D eigenvalue weighted by molar-refractivity contribution is 0.710. The zero-order valence-electron chi connectivity index (χ0n) is 7.53. The molecule has 0 spiro atoms. The highest BCUT2D eigenvalue weighted by Gasteiger charge is 2.17. The van der Waals surface area contributed by atoms with E-state index in [1.54, 1.807) is 0 Å². The number of terminal acetylenes is 1. The van der Waals surface area contributed by atoms with Gasteiger partial charge < -0.3 is 5.32 Å². The van der Waals surface area contributed by atoms with Gasteiger partial charge in [-0.25, -0.2) is 0 Å². The zero-order chi connectivity index (χ0) is 9.10. The fraction of sp³-hybridized carbons (Fsp3) is 0.500. The molecule has 0 aliphatic carbocycles. The van der Waals surface area contributed by atoms with Gasteiger partial charge in [0.1, 0.15) is 6.54 Å². The Morgan fingerprint density at radius 3 is 3.38 bits per heavy atom. The minimum absolute atomic E-state index is 0.570. The van der Waals surface area contributed by atoms with Crippen molar-refractivity contribution < 1.29 is 0 Å². The van der Waals surface area contributed by atoms with Gasteiger partial charge in [0, 0.05) is 18.7 Å². The summed E-state index contributed by atoms with van der Waals surface area (Å²) in [6, 6.07) is 0. The molecule has 1 N–H and O–H groups in total. The van der Waals surface area contributed by atoms with Crippen molar-refractivity contribution in [1.29, 1.82) is 0 Å². The van der Waals surface area contributed by atoms with Crippen LogP contribution in [0.1, 0.15) is 17.9 Å². The van der Waals surface area contributed by atoms with Crippen molar-refractivity contribution >= 4 is 0 Å². The summed E-state index contributed by atoms with van der Waals surface area (Å²) < 4.78 is 1.81. The summed E-state index contributed by atoms with van der Waals surface area (Å²) in [4.78, 5) is 0. The van der Waals surface area contributed by atoms with E-state index in [9.17, 15) is 0 Å². The largest absolute Gasteiger partial charge is 0.316 e. The fourth-order valence-electron chi connectivity index (χ4n) is 1.71. The highest BCUT2D eigenvalue weighted by molar-refractivity contribution is 5.14. The number of aromatic nitrogens is 2.